The number of rotatable bonds is 4. The maximum Gasteiger partial charge on any atom is 0.126 e. The molecule has 0 aliphatic carbocycles. The molecule has 3 aromatic heterocycles. The second kappa shape index (κ2) is 6.51. The van der Waals surface area contributed by atoms with Crippen LogP contribution in [0.15, 0.2) is 40.8 Å². The lowest BCUT2D eigenvalue weighted by atomic mass is 10.1. The van der Waals surface area contributed by atoms with Gasteiger partial charge in [-0.3, -0.25) is 9.58 Å². The van der Waals surface area contributed by atoms with E-state index in [-0.39, 0.29) is 0 Å². The molecule has 1 fully saturated rings. The Kier molecular flexibility index (Phi) is 4.24. The van der Waals surface area contributed by atoms with Gasteiger partial charge in [-0.1, -0.05) is 0 Å². The molecular formula is C16H18N4OS2. The number of furan rings is 1. The Morgan fingerprint density at radius 3 is 3.17 bits per heavy atom. The fourth-order valence-electron chi connectivity index (χ4n) is 2.85. The number of hydrogen-bond donors (Lipinski definition) is 0. The minimum absolute atomic E-state index is 0.418. The standard InChI is InChI=1S/C16H18N4OS2/c1-19-7-13(6-17-19)15-11-22-5-3-20(15)8-14-10-23-16(18-14)12-2-4-21-9-12/h2,4,6-7,9-10,15H,3,5,8,11H2,1H3. The smallest absolute Gasteiger partial charge is 0.126 e. The van der Waals surface area contributed by atoms with Crippen LogP contribution >= 0.6 is 23.1 Å². The third-order valence-corrected chi connectivity index (χ3v) is 6.00. The molecule has 1 aliphatic heterocycles. The van der Waals surface area contributed by atoms with Crippen molar-refractivity contribution < 1.29 is 4.42 Å². The molecule has 4 heterocycles. The predicted molar refractivity (Wildman–Crippen MR) is 93.5 cm³/mol. The van der Waals surface area contributed by atoms with Crippen LogP contribution in [0.1, 0.15) is 17.3 Å². The molecule has 0 N–H and O–H groups in total. The molecule has 23 heavy (non-hydrogen) atoms. The van der Waals surface area contributed by atoms with Crippen LogP contribution in [-0.4, -0.2) is 37.7 Å². The zero-order valence-corrected chi connectivity index (χ0v) is 14.5. The van der Waals surface area contributed by atoms with Crippen molar-refractivity contribution in [1.29, 1.82) is 0 Å². The number of aryl methyl sites for hydroxylation is 1. The van der Waals surface area contributed by atoms with Crippen LogP contribution < -0.4 is 0 Å². The van der Waals surface area contributed by atoms with Gasteiger partial charge in [-0.15, -0.1) is 11.3 Å². The van der Waals surface area contributed by atoms with Gasteiger partial charge in [0.1, 0.15) is 11.3 Å². The second-order valence-corrected chi connectivity index (χ2v) is 7.67. The Balaban J connectivity index is 1.52. The van der Waals surface area contributed by atoms with Crippen LogP contribution in [0.5, 0.6) is 0 Å². The van der Waals surface area contributed by atoms with E-state index < -0.39 is 0 Å². The number of hydrogen-bond acceptors (Lipinski definition) is 6. The van der Waals surface area contributed by atoms with E-state index in [1.165, 1.54) is 11.3 Å². The van der Waals surface area contributed by atoms with E-state index in [0.717, 1.165) is 35.1 Å². The Morgan fingerprint density at radius 1 is 1.43 bits per heavy atom. The Bertz CT molecular complexity index is 765. The minimum Gasteiger partial charge on any atom is -0.472 e. The van der Waals surface area contributed by atoms with Crippen LogP contribution in [0.25, 0.3) is 10.6 Å². The Hall–Kier alpha value is -1.57. The van der Waals surface area contributed by atoms with Gasteiger partial charge in [0.15, 0.2) is 0 Å². The van der Waals surface area contributed by atoms with E-state index in [0.29, 0.717) is 6.04 Å². The molecule has 1 unspecified atom stereocenters. The summed E-state index contributed by atoms with van der Waals surface area (Å²) in [5.41, 5.74) is 3.48. The van der Waals surface area contributed by atoms with E-state index in [9.17, 15) is 0 Å². The van der Waals surface area contributed by atoms with Gasteiger partial charge < -0.3 is 4.42 Å². The van der Waals surface area contributed by atoms with Crippen molar-refractivity contribution in [3.05, 3.63) is 47.6 Å². The second-order valence-electron chi connectivity index (χ2n) is 5.66. The summed E-state index contributed by atoms with van der Waals surface area (Å²) in [6.45, 7) is 1.97. The summed E-state index contributed by atoms with van der Waals surface area (Å²) in [5.74, 6) is 2.29. The van der Waals surface area contributed by atoms with E-state index in [1.54, 1.807) is 23.9 Å². The van der Waals surface area contributed by atoms with Gasteiger partial charge in [0.05, 0.1) is 18.2 Å². The topological polar surface area (TPSA) is 47.1 Å². The zero-order chi connectivity index (χ0) is 15.6. The monoisotopic (exact) mass is 346 g/mol. The number of thiazole rings is 1. The minimum atomic E-state index is 0.418. The van der Waals surface area contributed by atoms with Crippen molar-refractivity contribution in [3.8, 4) is 10.6 Å². The molecule has 120 valence electrons. The average Bonchev–Trinajstić information content (AvgIpc) is 3.28. The van der Waals surface area contributed by atoms with Crippen LogP contribution in [0.4, 0.5) is 0 Å². The van der Waals surface area contributed by atoms with Gasteiger partial charge >= 0.3 is 0 Å². The molecule has 4 rings (SSSR count). The van der Waals surface area contributed by atoms with Crippen molar-refractivity contribution >= 4 is 23.1 Å². The Labute approximate surface area is 143 Å². The third kappa shape index (κ3) is 3.22. The molecule has 0 aromatic carbocycles. The van der Waals surface area contributed by atoms with Gasteiger partial charge in [0, 0.05) is 60.4 Å². The number of aromatic nitrogens is 3. The third-order valence-electron chi connectivity index (χ3n) is 4.03. The van der Waals surface area contributed by atoms with Gasteiger partial charge in [-0.25, -0.2) is 4.98 Å². The highest BCUT2D eigenvalue weighted by atomic mass is 32.2. The van der Waals surface area contributed by atoms with Gasteiger partial charge in [-0.2, -0.15) is 16.9 Å². The van der Waals surface area contributed by atoms with E-state index >= 15 is 0 Å². The lowest BCUT2D eigenvalue weighted by molar-refractivity contribution is 0.210. The normalized spacial score (nSPS) is 19.3. The fraction of sp³-hybridized carbons (Fsp3) is 0.375. The van der Waals surface area contributed by atoms with Crippen molar-refractivity contribution in [2.45, 2.75) is 12.6 Å². The van der Waals surface area contributed by atoms with Crippen LogP contribution in [-0.2, 0) is 13.6 Å². The molecule has 1 atom stereocenters. The first-order valence-corrected chi connectivity index (χ1v) is 9.60. The molecule has 0 spiro atoms. The highest BCUT2D eigenvalue weighted by Gasteiger charge is 2.26. The maximum absolute atomic E-state index is 5.15. The van der Waals surface area contributed by atoms with Crippen LogP contribution in [0.3, 0.4) is 0 Å². The first-order valence-electron chi connectivity index (χ1n) is 7.57. The zero-order valence-electron chi connectivity index (χ0n) is 12.9. The largest absolute Gasteiger partial charge is 0.472 e. The van der Waals surface area contributed by atoms with Crippen LogP contribution in [0, 0.1) is 0 Å². The van der Waals surface area contributed by atoms with Crippen molar-refractivity contribution in [2.75, 3.05) is 18.1 Å². The van der Waals surface area contributed by atoms with Crippen molar-refractivity contribution in [3.63, 3.8) is 0 Å². The lowest BCUT2D eigenvalue weighted by Crippen LogP contribution is -2.35. The number of nitrogens with zero attached hydrogens (tertiary/aromatic N) is 4. The molecule has 0 saturated carbocycles. The van der Waals surface area contributed by atoms with E-state index in [1.807, 2.05) is 35.8 Å². The molecule has 0 radical (unpaired) electrons. The van der Waals surface area contributed by atoms with Gasteiger partial charge in [-0.05, 0) is 6.07 Å². The molecule has 1 aliphatic rings. The summed E-state index contributed by atoms with van der Waals surface area (Å²) in [7, 11) is 1.97. The molecular weight excluding hydrogens is 328 g/mol. The summed E-state index contributed by atoms with van der Waals surface area (Å²) >= 11 is 3.69. The van der Waals surface area contributed by atoms with Gasteiger partial charge in [0.25, 0.3) is 0 Å². The highest BCUT2D eigenvalue weighted by Crippen LogP contribution is 2.31. The number of thioether (sulfide) groups is 1. The maximum atomic E-state index is 5.15. The fourth-order valence-corrected chi connectivity index (χ4v) is 4.81. The Morgan fingerprint density at radius 2 is 2.39 bits per heavy atom. The van der Waals surface area contributed by atoms with Crippen molar-refractivity contribution in [1.82, 2.24) is 19.7 Å². The van der Waals surface area contributed by atoms with Crippen molar-refractivity contribution in [2.24, 2.45) is 7.05 Å². The molecule has 7 heteroatoms. The summed E-state index contributed by atoms with van der Waals surface area (Å²) < 4.78 is 7.03. The predicted octanol–water partition coefficient (Wildman–Crippen LogP) is 3.43. The molecule has 0 amide bonds. The van der Waals surface area contributed by atoms with Gasteiger partial charge in [0.2, 0.25) is 0 Å². The molecule has 1 saturated heterocycles. The molecule has 0 bridgehead atoms. The lowest BCUT2D eigenvalue weighted by Gasteiger charge is -2.34. The summed E-state index contributed by atoms with van der Waals surface area (Å²) in [6, 6.07) is 2.38. The quantitative estimate of drug-likeness (QED) is 0.724. The summed E-state index contributed by atoms with van der Waals surface area (Å²) in [5, 5.41) is 7.51. The van der Waals surface area contributed by atoms with Crippen LogP contribution in [0.2, 0.25) is 0 Å². The molecule has 5 nitrogen and oxygen atoms in total. The first-order chi connectivity index (χ1) is 11.3. The average molecular weight is 346 g/mol. The highest BCUT2D eigenvalue weighted by molar-refractivity contribution is 7.99. The van der Waals surface area contributed by atoms with E-state index in [4.69, 9.17) is 9.40 Å². The first kappa shape index (κ1) is 15.0. The van der Waals surface area contributed by atoms with E-state index in [2.05, 4.69) is 21.6 Å². The SMILES string of the molecule is Cn1cc(C2CSCCN2Cc2csc(-c3ccoc3)n2)cn1. The molecule has 3 aromatic rings. The summed E-state index contributed by atoms with van der Waals surface area (Å²) in [6.07, 6.45) is 7.55. The summed E-state index contributed by atoms with van der Waals surface area (Å²) in [4.78, 5) is 7.28.